The highest BCUT2D eigenvalue weighted by Crippen LogP contribution is 2.30. The van der Waals surface area contributed by atoms with Gasteiger partial charge in [-0.3, -0.25) is 4.79 Å². The Morgan fingerprint density at radius 1 is 1.33 bits per heavy atom. The molecule has 1 aliphatic rings. The largest absolute Gasteiger partial charge is 0.493 e. The number of rotatable bonds is 5. The lowest BCUT2D eigenvalue weighted by molar-refractivity contribution is 0.0935. The summed E-state index contributed by atoms with van der Waals surface area (Å²) in [5.74, 6) is 4.04. The number of benzene rings is 1. The maximum atomic E-state index is 12.5. The van der Waals surface area contributed by atoms with Crippen molar-refractivity contribution in [1.82, 2.24) is 14.9 Å². The number of amides is 1. The molecule has 0 fully saturated rings. The standard InChI is InChI=1S/C17H21N3O3S/c1-11(12-4-5-14(22-2)15(8-12)23-3)18-17(21)13-9-20-6-7-24-10-16(20)19-13/h4-5,8-9,11H,6-7,10H2,1-3H3,(H,18,21). The van der Waals surface area contributed by atoms with Gasteiger partial charge >= 0.3 is 0 Å². The van der Waals surface area contributed by atoms with E-state index in [0.717, 1.165) is 29.4 Å². The molecule has 128 valence electrons. The number of nitrogens with zero attached hydrogens (tertiary/aromatic N) is 2. The van der Waals surface area contributed by atoms with Crippen LogP contribution in [0.25, 0.3) is 0 Å². The monoisotopic (exact) mass is 347 g/mol. The maximum absolute atomic E-state index is 12.5. The lowest BCUT2D eigenvalue weighted by atomic mass is 10.1. The Hall–Kier alpha value is -2.15. The van der Waals surface area contributed by atoms with Crippen molar-refractivity contribution in [2.45, 2.75) is 25.3 Å². The van der Waals surface area contributed by atoms with Gasteiger partial charge in [-0.2, -0.15) is 11.8 Å². The number of carbonyl (C=O) groups excluding carboxylic acids is 1. The van der Waals surface area contributed by atoms with Crippen LogP contribution in [-0.2, 0) is 12.3 Å². The summed E-state index contributed by atoms with van der Waals surface area (Å²) < 4.78 is 12.6. The molecule has 1 N–H and O–H groups in total. The van der Waals surface area contributed by atoms with Gasteiger partial charge in [0.25, 0.3) is 5.91 Å². The molecule has 0 spiro atoms. The number of hydrogen-bond acceptors (Lipinski definition) is 5. The number of nitrogens with one attached hydrogen (secondary N) is 1. The van der Waals surface area contributed by atoms with Crippen LogP contribution < -0.4 is 14.8 Å². The van der Waals surface area contributed by atoms with Gasteiger partial charge in [-0.25, -0.2) is 4.98 Å². The molecular weight excluding hydrogens is 326 g/mol. The number of carbonyl (C=O) groups is 1. The van der Waals surface area contributed by atoms with Crippen LogP contribution in [0.4, 0.5) is 0 Å². The quantitative estimate of drug-likeness (QED) is 0.901. The van der Waals surface area contributed by atoms with Crippen LogP contribution in [0.2, 0.25) is 0 Å². The number of fused-ring (bicyclic) bond motifs is 1. The third-order valence-corrected chi connectivity index (χ3v) is 4.99. The number of thioether (sulfide) groups is 1. The van der Waals surface area contributed by atoms with Crippen molar-refractivity contribution in [1.29, 1.82) is 0 Å². The first-order valence-corrected chi connectivity index (χ1v) is 8.94. The van der Waals surface area contributed by atoms with Crippen LogP contribution >= 0.6 is 11.8 Å². The van der Waals surface area contributed by atoms with Crippen molar-refractivity contribution < 1.29 is 14.3 Å². The summed E-state index contributed by atoms with van der Waals surface area (Å²) in [6, 6.07) is 5.47. The Kier molecular flexibility index (Phi) is 4.99. The summed E-state index contributed by atoms with van der Waals surface area (Å²) in [6.07, 6.45) is 1.84. The molecular formula is C17H21N3O3S. The zero-order chi connectivity index (χ0) is 17.1. The summed E-state index contributed by atoms with van der Waals surface area (Å²) >= 11 is 1.84. The lowest BCUT2D eigenvalue weighted by Gasteiger charge is -2.16. The molecule has 1 aliphatic heterocycles. The Morgan fingerprint density at radius 3 is 2.83 bits per heavy atom. The maximum Gasteiger partial charge on any atom is 0.271 e. The second kappa shape index (κ2) is 7.17. The van der Waals surface area contributed by atoms with Crippen molar-refractivity contribution in [3.8, 4) is 11.5 Å². The topological polar surface area (TPSA) is 65.4 Å². The summed E-state index contributed by atoms with van der Waals surface area (Å²) in [5.41, 5.74) is 1.42. The van der Waals surface area contributed by atoms with Crippen molar-refractivity contribution in [3.05, 3.63) is 41.5 Å². The molecule has 2 heterocycles. The van der Waals surface area contributed by atoms with Gasteiger partial charge in [0.2, 0.25) is 0 Å². The fourth-order valence-electron chi connectivity index (χ4n) is 2.67. The van der Waals surface area contributed by atoms with E-state index >= 15 is 0 Å². The summed E-state index contributed by atoms with van der Waals surface area (Å²) in [5, 5.41) is 2.99. The average Bonchev–Trinajstić information content (AvgIpc) is 3.05. The van der Waals surface area contributed by atoms with Crippen LogP contribution in [0.3, 0.4) is 0 Å². The van der Waals surface area contributed by atoms with Crippen LogP contribution in [-0.4, -0.2) is 35.4 Å². The highest BCUT2D eigenvalue weighted by molar-refractivity contribution is 7.98. The van der Waals surface area contributed by atoms with E-state index in [1.165, 1.54) is 0 Å². The van der Waals surface area contributed by atoms with Crippen LogP contribution in [0, 0.1) is 0 Å². The number of hydrogen-bond donors (Lipinski definition) is 1. The van der Waals surface area contributed by atoms with E-state index in [-0.39, 0.29) is 11.9 Å². The van der Waals surface area contributed by atoms with Crippen molar-refractivity contribution in [3.63, 3.8) is 0 Å². The zero-order valence-electron chi connectivity index (χ0n) is 14.0. The first-order chi connectivity index (χ1) is 11.6. The minimum Gasteiger partial charge on any atom is -0.493 e. The highest BCUT2D eigenvalue weighted by Gasteiger charge is 2.19. The second-order valence-electron chi connectivity index (χ2n) is 5.60. The number of imidazole rings is 1. The van der Waals surface area contributed by atoms with Gasteiger partial charge in [0.05, 0.1) is 26.0 Å². The van der Waals surface area contributed by atoms with E-state index in [1.807, 2.05) is 43.1 Å². The number of ether oxygens (including phenoxy) is 2. The number of methoxy groups -OCH3 is 2. The smallest absolute Gasteiger partial charge is 0.271 e. The van der Waals surface area contributed by atoms with Gasteiger partial charge in [-0.15, -0.1) is 0 Å². The van der Waals surface area contributed by atoms with E-state index in [1.54, 1.807) is 14.2 Å². The van der Waals surface area contributed by atoms with Crippen molar-refractivity contribution in [2.75, 3.05) is 20.0 Å². The molecule has 1 amide bonds. The Morgan fingerprint density at radius 2 is 2.12 bits per heavy atom. The highest BCUT2D eigenvalue weighted by atomic mass is 32.2. The fraction of sp³-hybridized carbons (Fsp3) is 0.412. The van der Waals surface area contributed by atoms with Crippen LogP contribution in [0.5, 0.6) is 11.5 Å². The first-order valence-electron chi connectivity index (χ1n) is 7.79. The second-order valence-corrected chi connectivity index (χ2v) is 6.70. The third-order valence-electron chi connectivity index (χ3n) is 4.05. The molecule has 0 aliphatic carbocycles. The van der Waals surface area contributed by atoms with Crippen molar-refractivity contribution >= 4 is 17.7 Å². The first kappa shape index (κ1) is 16.7. The van der Waals surface area contributed by atoms with E-state index < -0.39 is 0 Å². The molecule has 1 unspecified atom stereocenters. The zero-order valence-corrected chi connectivity index (χ0v) is 14.9. The van der Waals surface area contributed by atoms with Gasteiger partial charge in [-0.05, 0) is 24.6 Å². The summed E-state index contributed by atoms with van der Waals surface area (Å²) in [7, 11) is 3.19. The molecule has 2 aromatic rings. The normalized spacial score (nSPS) is 14.6. The average molecular weight is 347 g/mol. The SMILES string of the molecule is COc1ccc(C(C)NC(=O)c2cn3c(n2)CSCC3)cc1OC. The van der Waals surface area contributed by atoms with E-state index in [2.05, 4.69) is 14.9 Å². The Balaban J connectivity index is 1.73. The predicted molar refractivity (Wildman–Crippen MR) is 93.8 cm³/mol. The minimum absolute atomic E-state index is 0.162. The molecule has 3 rings (SSSR count). The van der Waals surface area contributed by atoms with Gasteiger partial charge in [0.15, 0.2) is 11.5 Å². The predicted octanol–water partition coefficient (Wildman–Crippen LogP) is 2.64. The summed E-state index contributed by atoms with van der Waals surface area (Å²) in [4.78, 5) is 16.9. The molecule has 6 nitrogen and oxygen atoms in total. The Labute approximate surface area is 145 Å². The van der Waals surface area contributed by atoms with Gasteiger partial charge in [0, 0.05) is 18.5 Å². The molecule has 0 saturated heterocycles. The Bertz CT molecular complexity index is 721. The van der Waals surface area contributed by atoms with E-state index in [0.29, 0.717) is 17.2 Å². The van der Waals surface area contributed by atoms with Gasteiger partial charge in [0.1, 0.15) is 11.5 Å². The fourth-order valence-corrected chi connectivity index (χ4v) is 3.56. The lowest BCUT2D eigenvalue weighted by Crippen LogP contribution is -2.27. The van der Waals surface area contributed by atoms with Gasteiger partial charge in [-0.1, -0.05) is 6.07 Å². The number of aryl methyl sites for hydroxylation is 1. The van der Waals surface area contributed by atoms with E-state index in [4.69, 9.17) is 9.47 Å². The molecule has 24 heavy (non-hydrogen) atoms. The molecule has 0 radical (unpaired) electrons. The molecule has 1 aromatic carbocycles. The van der Waals surface area contributed by atoms with Crippen LogP contribution in [0.1, 0.15) is 34.8 Å². The van der Waals surface area contributed by atoms with E-state index in [9.17, 15) is 4.79 Å². The third kappa shape index (κ3) is 3.36. The van der Waals surface area contributed by atoms with Gasteiger partial charge < -0.3 is 19.4 Å². The molecule has 0 saturated carbocycles. The molecule has 0 bridgehead atoms. The van der Waals surface area contributed by atoms with Crippen LogP contribution in [0.15, 0.2) is 24.4 Å². The van der Waals surface area contributed by atoms with Crippen molar-refractivity contribution in [2.24, 2.45) is 0 Å². The molecule has 1 aromatic heterocycles. The minimum atomic E-state index is -0.163. The number of aromatic nitrogens is 2. The summed E-state index contributed by atoms with van der Waals surface area (Å²) in [6.45, 7) is 2.84. The molecule has 7 heteroatoms. The molecule has 1 atom stereocenters.